The molecule has 78 valence electrons. The van der Waals surface area contributed by atoms with E-state index in [9.17, 15) is 0 Å². The summed E-state index contributed by atoms with van der Waals surface area (Å²) in [5.41, 5.74) is 1.01. The van der Waals surface area contributed by atoms with E-state index >= 15 is 0 Å². The first-order valence-electron chi connectivity index (χ1n) is 4.98. The van der Waals surface area contributed by atoms with Crippen molar-refractivity contribution in [1.82, 2.24) is 10.3 Å². The van der Waals surface area contributed by atoms with Gasteiger partial charge in [-0.15, -0.1) is 0 Å². The lowest BCUT2D eigenvalue weighted by Gasteiger charge is -2.19. The maximum atomic E-state index is 9.09. The fourth-order valence-electron chi connectivity index (χ4n) is 1.25. The Bertz CT molecular complexity index is 249. The highest BCUT2D eigenvalue weighted by Crippen LogP contribution is 2.01. The van der Waals surface area contributed by atoms with Crippen LogP contribution in [0.25, 0.3) is 0 Å². The first kappa shape index (κ1) is 11.1. The average Bonchev–Trinajstić information content (AvgIpc) is 2.20. The fraction of sp³-hybridized carbons (Fsp3) is 0.545. The third-order valence-electron chi connectivity index (χ3n) is 2.27. The van der Waals surface area contributed by atoms with Crippen molar-refractivity contribution in [2.45, 2.75) is 26.4 Å². The summed E-state index contributed by atoms with van der Waals surface area (Å²) in [6.45, 7) is 5.06. The van der Waals surface area contributed by atoms with Gasteiger partial charge in [-0.2, -0.15) is 0 Å². The van der Waals surface area contributed by atoms with Crippen LogP contribution in [0.5, 0.6) is 0 Å². The topological polar surface area (TPSA) is 45.1 Å². The van der Waals surface area contributed by atoms with Crippen LogP contribution in [0.4, 0.5) is 0 Å². The zero-order chi connectivity index (χ0) is 10.4. The Labute approximate surface area is 85.2 Å². The minimum absolute atomic E-state index is 0.150. The molecule has 0 saturated heterocycles. The quantitative estimate of drug-likeness (QED) is 0.740. The summed E-state index contributed by atoms with van der Waals surface area (Å²) >= 11 is 0. The molecule has 0 aromatic carbocycles. The van der Waals surface area contributed by atoms with Crippen LogP contribution in [0.3, 0.4) is 0 Å². The van der Waals surface area contributed by atoms with Gasteiger partial charge in [-0.1, -0.05) is 19.9 Å². The van der Waals surface area contributed by atoms with Gasteiger partial charge >= 0.3 is 0 Å². The van der Waals surface area contributed by atoms with Gasteiger partial charge in [0.2, 0.25) is 0 Å². The molecule has 1 aromatic heterocycles. The molecule has 0 saturated carbocycles. The second-order valence-corrected chi connectivity index (χ2v) is 3.74. The van der Waals surface area contributed by atoms with Crippen molar-refractivity contribution >= 4 is 0 Å². The number of aliphatic hydroxyl groups is 1. The Morgan fingerprint density at radius 1 is 1.43 bits per heavy atom. The maximum Gasteiger partial charge on any atom is 0.0587 e. The van der Waals surface area contributed by atoms with Crippen molar-refractivity contribution in [2.24, 2.45) is 5.92 Å². The lowest BCUT2D eigenvalue weighted by molar-refractivity contribution is 0.209. The molecule has 3 nitrogen and oxygen atoms in total. The lowest BCUT2D eigenvalue weighted by atomic mass is 10.1. The third-order valence-corrected chi connectivity index (χ3v) is 2.27. The minimum Gasteiger partial charge on any atom is -0.395 e. The van der Waals surface area contributed by atoms with Gasteiger partial charge in [0, 0.05) is 18.8 Å². The first-order valence-corrected chi connectivity index (χ1v) is 4.98. The Morgan fingerprint density at radius 2 is 2.21 bits per heavy atom. The van der Waals surface area contributed by atoms with Crippen molar-refractivity contribution in [3.63, 3.8) is 0 Å². The normalized spacial score (nSPS) is 13.1. The van der Waals surface area contributed by atoms with Crippen molar-refractivity contribution in [3.8, 4) is 0 Å². The highest BCUT2D eigenvalue weighted by molar-refractivity contribution is 5.03. The second kappa shape index (κ2) is 5.73. The number of hydrogen-bond donors (Lipinski definition) is 2. The SMILES string of the molecule is CC(C)C(CO)NCc1ccccn1. The van der Waals surface area contributed by atoms with Gasteiger partial charge in [0.25, 0.3) is 0 Å². The van der Waals surface area contributed by atoms with Crippen molar-refractivity contribution in [1.29, 1.82) is 0 Å². The zero-order valence-electron chi connectivity index (χ0n) is 8.77. The molecule has 1 rings (SSSR count). The van der Waals surface area contributed by atoms with E-state index in [0.717, 1.165) is 5.69 Å². The molecule has 1 heterocycles. The molecule has 0 aliphatic rings. The molecule has 0 amide bonds. The molecular weight excluding hydrogens is 176 g/mol. The van der Waals surface area contributed by atoms with E-state index in [-0.39, 0.29) is 12.6 Å². The largest absolute Gasteiger partial charge is 0.395 e. The Morgan fingerprint density at radius 3 is 2.71 bits per heavy atom. The van der Waals surface area contributed by atoms with E-state index < -0.39 is 0 Å². The number of aliphatic hydroxyl groups excluding tert-OH is 1. The van der Waals surface area contributed by atoms with Gasteiger partial charge in [0.1, 0.15) is 0 Å². The van der Waals surface area contributed by atoms with E-state index in [4.69, 9.17) is 5.11 Å². The van der Waals surface area contributed by atoms with Crippen LogP contribution in [0.2, 0.25) is 0 Å². The molecule has 14 heavy (non-hydrogen) atoms. The van der Waals surface area contributed by atoms with Crippen LogP contribution in [-0.2, 0) is 6.54 Å². The Kier molecular flexibility index (Phi) is 4.56. The predicted molar refractivity (Wildman–Crippen MR) is 56.8 cm³/mol. The van der Waals surface area contributed by atoms with Gasteiger partial charge in [-0.05, 0) is 18.1 Å². The monoisotopic (exact) mass is 194 g/mol. The van der Waals surface area contributed by atoms with Crippen molar-refractivity contribution < 1.29 is 5.11 Å². The van der Waals surface area contributed by atoms with E-state index in [1.54, 1.807) is 6.20 Å². The van der Waals surface area contributed by atoms with Crippen LogP contribution in [0, 0.1) is 5.92 Å². The molecule has 0 fully saturated rings. The van der Waals surface area contributed by atoms with Crippen LogP contribution in [-0.4, -0.2) is 22.7 Å². The van der Waals surface area contributed by atoms with Gasteiger partial charge in [-0.3, -0.25) is 4.98 Å². The maximum absolute atomic E-state index is 9.09. The zero-order valence-corrected chi connectivity index (χ0v) is 8.77. The highest BCUT2D eigenvalue weighted by Gasteiger charge is 2.10. The highest BCUT2D eigenvalue weighted by atomic mass is 16.3. The fourth-order valence-corrected chi connectivity index (χ4v) is 1.25. The van der Waals surface area contributed by atoms with E-state index in [0.29, 0.717) is 12.5 Å². The Balaban J connectivity index is 2.40. The smallest absolute Gasteiger partial charge is 0.0587 e. The van der Waals surface area contributed by atoms with Crippen LogP contribution < -0.4 is 5.32 Å². The summed E-state index contributed by atoms with van der Waals surface area (Å²) in [7, 11) is 0. The Hall–Kier alpha value is -0.930. The standard InChI is InChI=1S/C11H18N2O/c1-9(2)11(8-14)13-7-10-5-3-4-6-12-10/h3-6,9,11,13-14H,7-8H2,1-2H3. The van der Waals surface area contributed by atoms with Crippen molar-refractivity contribution in [3.05, 3.63) is 30.1 Å². The van der Waals surface area contributed by atoms with Gasteiger partial charge in [-0.25, -0.2) is 0 Å². The molecule has 2 N–H and O–H groups in total. The molecule has 0 bridgehead atoms. The third kappa shape index (κ3) is 3.44. The summed E-state index contributed by atoms with van der Waals surface area (Å²) in [5, 5.41) is 12.4. The van der Waals surface area contributed by atoms with Gasteiger partial charge < -0.3 is 10.4 Å². The predicted octanol–water partition coefficient (Wildman–Crippen LogP) is 1.19. The lowest BCUT2D eigenvalue weighted by Crippen LogP contribution is -2.36. The molecule has 1 unspecified atom stereocenters. The molecule has 0 radical (unpaired) electrons. The number of rotatable bonds is 5. The molecule has 0 aliphatic carbocycles. The average molecular weight is 194 g/mol. The summed E-state index contributed by atoms with van der Waals surface area (Å²) in [5.74, 6) is 0.434. The van der Waals surface area contributed by atoms with Crippen LogP contribution >= 0.6 is 0 Å². The summed E-state index contributed by atoms with van der Waals surface area (Å²) < 4.78 is 0. The van der Waals surface area contributed by atoms with Crippen LogP contribution in [0.1, 0.15) is 19.5 Å². The number of aromatic nitrogens is 1. The second-order valence-electron chi connectivity index (χ2n) is 3.74. The van der Waals surface area contributed by atoms with Gasteiger partial charge in [0.05, 0.1) is 12.3 Å². The molecular formula is C11H18N2O. The molecule has 3 heteroatoms. The van der Waals surface area contributed by atoms with E-state index in [1.165, 1.54) is 0 Å². The van der Waals surface area contributed by atoms with E-state index in [1.807, 2.05) is 18.2 Å². The molecule has 0 aliphatic heterocycles. The molecule has 0 spiro atoms. The van der Waals surface area contributed by atoms with Gasteiger partial charge in [0.15, 0.2) is 0 Å². The summed E-state index contributed by atoms with van der Waals surface area (Å²) in [6, 6.07) is 5.99. The molecule has 1 aromatic rings. The summed E-state index contributed by atoms with van der Waals surface area (Å²) in [4.78, 5) is 4.20. The number of pyridine rings is 1. The molecule has 1 atom stereocenters. The van der Waals surface area contributed by atoms with Crippen molar-refractivity contribution in [2.75, 3.05) is 6.61 Å². The van der Waals surface area contributed by atoms with E-state index in [2.05, 4.69) is 24.1 Å². The van der Waals surface area contributed by atoms with Crippen LogP contribution in [0.15, 0.2) is 24.4 Å². The first-order chi connectivity index (χ1) is 6.74. The minimum atomic E-state index is 0.150. The number of hydrogen-bond acceptors (Lipinski definition) is 3. The number of nitrogens with zero attached hydrogens (tertiary/aromatic N) is 1. The summed E-state index contributed by atoms with van der Waals surface area (Å²) in [6.07, 6.45) is 1.78. The number of nitrogens with one attached hydrogen (secondary N) is 1.